The number of hydrogen-bond acceptors (Lipinski definition) is 2. The lowest BCUT2D eigenvalue weighted by atomic mass is 10.1. The molecule has 0 saturated carbocycles. The predicted molar refractivity (Wildman–Crippen MR) is 66.6 cm³/mol. The van der Waals surface area contributed by atoms with E-state index in [1.807, 2.05) is 0 Å². The lowest BCUT2D eigenvalue weighted by molar-refractivity contribution is 0.500. The summed E-state index contributed by atoms with van der Waals surface area (Å²) < 4.78 is 38.9. The molecule has 0 heterocycles. The molecule has 3 nitrogen and oxygen atoms in total. The second kappa shape index (κ2) is 5.52. The Hall–Kier alpha value is -0.360. The Labute approximate surface area is 110 Å². The van der Waals surface area contributed by atoms with E-state index in [-0.39, 0.29) is 16.7 Å². The first-order valence-corrected chi connectivity index (χ1v) is 7.30. The van der Waals surface area contributed by atoms with Gasteiger partial charge in [0.1, 0.15) is 5.82 Å². The molecular formula is C10H12Cl2FNO2S. The molecule has 0 radical (unpaired) electrons. The van der Waals surface area contributed by atoms with Crippen LogP contribution in [0.5, 0.6) is 0 Å². The zero-order valence-corrected chi connectivity index (χ0v) is 11.4. The average molecular weight is 300 g/mol. The highest BCUT2D eigenvalue weighted by Crippen LogP contribution is 2.16. The molecule has 0 aliphatic heterocycles. The Morgan fingerprint density at radius 1 is 1.24 bits per heavy atom. The van der Waals surface area contributed by atoms with Crippen molar-refractivity contribution in [2.75, 3.05) is 11.8 Å². The van der Waals surface area contributed by atoms with Crippen molar-refractivity contribution < 1.29 is 12.8 Å². The summed E-state index contributed by atoms with van der Waals surface area (Å²) in [5.41, 5.74) is -0.934. The van der Waals surface area contributed by atoms with Gasteiger partial charge in [0.05, 0.1) is 10.4 Å². The van der Waals surface area contributed by atoms with Crippen LogP contribution in [0, 0.1) is 5.82 Å². The van der Waals surface area contributed by atoms with Crippen molar-refractivity contribution >= 4 is 33.2 Å². The van der Waals surface area contributed by atoms with E-state index in [1.54, 1.807) is 6.92 Å². The molecule has 1 aromatic rings. The molecule has 0 aliphatic rings. The van der Waals surface area contributed by atoms with Gasteiger partial charge in [0.25, 0.3) is 0 Å². The largest absolute Gasteiger partial charge is 0.241 e. The van der Waals surface area contributed by atoms with Gasteiger partial charge in [-0.3, -0.25) is 0 Å². The SMILES string of the molecule is CC(CCl)(CCl)NS(=O)(=O)c1ccc(F)cc1. The molecule has 96 valence electrons. The summed E-state index contributed by atoms with van der Waals surface area (Å²) in [6.07, 6.45) is 0. The van der Waals surface area contributed by atoms with Gasteiger partial charge in [-0.1, -0.05) is 0 Å². The first-order chi connectivity index (χ1) is 7.83. The molecule has 0 fully saturated rings. The smallest absolute Gasteiger partial charge is 0.207 e. The Morgan fingerprint density at radius 2 is 1.71 bits per heavy atom. The van der Waals surface area contributed by atoms with Crippen molar-refractivity contribution in [2.45, 2.75) is 17.4 Å². The van der Waals surface area contributed by atoms with Crippen molar-refractivity contribution in [1.29, 1.82) is 0 Å². The first kappa shape index (κ1) is 14.7. The Kier molecular flexibility index (Phi) is 4.77. The van der Waals surface area contributed by atoms with Crippen LogP contribution in [0.2, 0.25) is 0 Å². The lowest BCUT2D eigenvalue weighted by Gasteiger charge is -2.25. The van der Waals surface area contributed by atoms with Gasteiger partial charge in [-0.25, -0.2) is 17.5 Å². The predicted octanol–water partition coefficient (Wildman–Crippen LogP) is 2.34. The topological polar surface area (TPSA) is 46.2 Å². The monoisotopic (exact) mass is 299 g/mol. The van der Waals surface area contributed by atoms with Crippen LogP contribution in [0.15, 0.2) is 29.2 Å². The van der Waals surface area contributed by atoms with Crippen LogP contribution in [0.1, 0.15) is 6.92 Å². The van der Waals surface area contributed by atoms with Gasteiger partial charge in [-0.05, 0) is 31.2 Å². The van der Waals surface area contributed by atoms with Crippen LogP contribution >= 0.6 is 23.2 Å². The van der Waals surface area contributed by atoms with Crippen LogP contribution < -0.4 is 4.72 Å². The van der Waals surface area contributed by atoms with Crippen molar-refractivity contribution in [1.82, 2.24) is 4.72 Å². The molecule has 0 bridgehead atoms. The summed E-state index contributed by atoms with van der Waals surface area (Å²) >= 11 is 11.3. The Balaban J connectivity index is 3.00. The molecule has 0 aromatic heterocycles. The van der Waals surface area contributed by atoms with E-state index in [2.05, 4.69) is 4.72 Å². The summed E-state index contributed by atoms with van der Waals surface area (Å²) in [6, 6.07) is 4.52. The van der Waals surface area contributed by atoms with Crippen molar-refractivity contribution in [2.24, 2.45) is 0 Å². The third-order valence-corrected chi connectivity index (χ3v) is 4.93. The maximum Gasteiger partial charge on any atom is 0.241 e. The van der Waals surface area contributed by atoms with Gasteiger partial charge in [-0.15, -0.1) is 23.2 Å². The quantitative estimate of drug-likeness (QED) is 0.848. The van der Waals surface area contributed by atoms with E-state index in [9.17, 15) is 12.8 Å². The third-order valence-electron chi connectivity index (χ3n) is 2.09. The molecule has 1 rings (SSSR count). The second-order valence-corrected chi connectivity index (χ2v) is 6.10. The molecule has 17 heavy (non-hydrogen) atoms. The zero-order chi connectivity index (χ0) is 13.1. The van der Waals surface area contributed by atoms with E-state index >= 15 is 0 Å². The van der Waals surface area contributed by atoms with E-state index in [0.29, 0.717) is 0 Å². The Morgan fingerprint density at radius 3 is 2.12 bits per heavy atom. The molecule has 0 unspecified atom stereocenters. The van der Waals surface area contributed by atoms with Gasteiger partial charge >= 0.3 is 0 Å². The number of hydrogen-bond donors (Lipinski definition) is 1. The molecule has 0 saturated heterocycles. The maximum absolute atomic E-state index is 12.7. The first-order valence-electron chi connectivity index (χ1n) is 4.74. The van der Waals surface area contributed by atoms with E-state index in [1.165, 1.54) is 12.1 Å². The summed E-state index contributed by atoms with van der Waals surface area (Å²) in [7, 11) is -3.74. The van der Waals surface area contributed by atoms with Crippen LogP contribution in [0.25, 0.3) is 0 Å². The van der Waals surface area contributed by atoms with Crippen LogP contribution in [0.4, 0.5) is 4.39 Å². The molecule has 0 amide bonds. The highest BCUT2D eigenvalue weighted by atomic mass is 35.5. The average Bonchev–Trinajstić information content (AvgIpc) is 2.29. The minimum atomic E-state index is -3.74. The molecule has 0 atom stereocenters. The van der Waals surface area contributed by atoms with Crippen molar-refractivity contribution in [3.05, 3.63) is 30.1 Å². The maximum atomic E-state index is 12.7. The lowest BCUT2D eigenvalue weighted by Crippen LogP contribution is -2.49. The standard InChI is InChI=1S/C10H12Cl2FNO2S/c1-10(6-11,7-12)14-17(15,16)9-4-2-8(13)3-5-9/h2-5,14H,6-7H2,1H3. The minimum absolute atomic E-state index is 0.0274. The Bertz CT molecular complexity index is 472. The van der Waals surface area contributed by atoms with Crippen molar-refractivity contribution in [3.8, 4) is 0 Å². The highest BCUT2D eigenvalue weighted by molar-refractivity contribution is 7.89. The summed E-state index contributed by atoms with van der Waals surface area (Å²) in [5.74, 6) is -0.421. The van der Waals surface area contributed by atoms with E-state index < -0.39 is 21.4 Å². The third kappa shape index (κ3) is 3.81. The normalized spacial score (nSPS) is 12.7. The van der Waals surface area contributed by atoms with E-state index in [4.69, 9.17) is 23.2 Å². The number of halogens is 3. The fourth-order valence-corrected chi connectivity index (χ4v) is 3.07. The summed E-state index contributed by atoms with van der Waals surface area (Å²) in [5, 5.41) is 0. The van der Waals surface area contributed by atoms with Gasteiger partial charge in [-0.2, -0.15) is 0 Å². The fourth-order valence-electron chi connectivity index (χ4n) is 1.09. The van der Waals surface area contributed by atoms with Gasteiger partial charge in [0.2, 0.25) is 10.0 Å². The van der Waals surface area contributed by atoms with E-state index in [0.717, 1.165) is 12.1 Å². The van der Waals surface area contributed by atoms with Crippen molar-refractivity contribution in [3.63, 3.8) is 0 Å². The van der Waals surface area contributed by atoms with Crippen LogP contribution in [-0.4, -0.2) is 25.7 Å². The zero-order valence-electron chi connectivity index (χ0n) is 9.08. The molecular weight excluding hydrogens is 288 g/mol. The van der Waals surface area contributed by atoms with Crippen LogP contribution in [-0.2, 0) is 10.0 Å². The van der Waals surface area contributed by atoms with Gasteiger partial charge < -0.3 is 0 Å². The minimum Gasteiger partial charge on any atom is -0.207 e. The van der Waals surface area contributed by atoms with Crippen LogP contribution in [0.3, 0.4) is 0 Å². The number of alkyl halides is 2. The number of rotatable bonds is 5. The summed E-state index contributed by atoms with van der Waals surface area (Å²) in [4.78, 5) is -0.0274. The molecule has 1 N–H and O–H groups in total. The number of sulfonamides is 1. The molecule has 7 heteroatoms. The molecule has 1 aromatic carbocycles. The highest BCUT2D eigenvalue weighted by Gasteiger charge is 2.29. The van der Waals surface area contributed by atoms with Gasteiger partial charge in [0.15, 0.2) is 0 Å². The second-order valence-electron chi connectivity index (χ2n) is 3.89. The molecule has 0 aliphatic carbocycles. The van der Waals surface area contributed by atoms with Gasteiger partial charge in [0, 0.05) is 11.8 Å². The summed E-state index contributed by atoms with van der Waals surface area (Å²) in [6.45, 7) is 1.59. The number of benzene rings is 1. The molecule has 0 spiro atoms. The fraction of sp³-hybridized carbons (Fsp3) is 0.400. The number of nitrogens with one attached hydrogen (secondary N) is 1.